The van der Waals surface area contributed by atoms with Crippen LogP contribution in [-0.4, -0.2) is 27.7 Å². The van der Waals surface area contributed by atoms with Crippen LogP contribution in [0, 0.1) is 0 Å². The minimum absolute atomic E-state index is 0.00340. The second-order valence-electron chi connectivity index (χ2n) is 6.12. The number of carbonyl (C=O) groups is 1. The molecule has 0 bridgehead atoms. The average molecular weight is 376 g/mol. The fraction of sp³-hybridized carbons (Fsp3) is 0.316. The number of sulfonamides is 1. The summed E-state index contributed by atoms with van der Waals surface area (Å²) < 4.78 is 31.0. The lowest BCUT2D eigenvalue weighted by atomic mass is 10.0. The van der Waals surface area contributed by atoms with Gasteiger partial charge >= 0.3 is 0 Å². The van der Waals surface area contributed by atoms with E-state index in [1.165, 1.54) is 0 Å². The van der Waals surface area contributed by atoms with E-state index in [0.717, 1.165) is 11.8 Å². The van der Waals surface area contributed by atoms with Crippen LogP contribution in [0.1, 0.15) is 36.6 Å². The molecule has 0 aliphatic rings. The van der Waals surface area contributed by atoms with Crippen molar-refractivity contribution in [3.05, 3.63) is 65.7 Å². The van der Waals surface area contributed by atoms with Gasteiger partial charge in [0.1, 0.15) is 5.75 Å². The number of amides is 1. The molecule has 26 heavy (non-hydrogen) atoms. The molecule has 2 rings (SSSR count). The van der Waals surface area contributed by atoms with Crippen LogP contribution in [0.2, 0.25) is 0 Å². The fourth-order valence-corrected chi connectivity index (χ4v) is 3.37. The summed E-state index contributed by atoms with van der Waals surface area (Å²) in [6, 6.07) is 15.7. The van der Waals surface area contributed by atoms with Gasteiger partial charge in [-0.2, -0.15) is 0 Å². The second-order valence-corrected chi connectivity index (χ2v) is 7.90. The SMILES string of the molecule is COc1ccc([C@H](CC(=O)N[C@@H](C)c2ccccc2)NS(C)(=O)=O)cc1. The zero-order valence-electron chi connectivity index (χ0n) is 15.1. The van der Waals surface area contributed by atoms with Gasteiger partial charge in [0.25, 0.3) is 0 Å². The van der Waals surface area contributed by atoms with Crippen LogP contribution >= 0.6 is 0 Å². The molecule has 0 saturated carbocycles. The Morgan fingerprint density at radius 2 is 1.65 bits per heavy atom. The van der Waals surface area contributed by atoms with Gasteiger partial charge in [0.05, 0.1) is 25.4 Å². The largest absolute Gasteiger partial charge is 0.497 e. The van der Waals surface area contributed by atoms with Gasteiger partial charge in [-0.25, -0.2) is 13.1 Å². The molecule has 6 nitrogen and oxygen atoms in total. The lowest BCUT2D eigenvalue weighted by molar-refractivity contribution is -0.122. The Morgan fingerprint density at radius 3 is 2.19 bits per heavy atom. The van der Waals surface area contributed by atoms with E-state index in [1.54, 1.807) is 31.4 Å². The highest BCUT2D eigenvalue weighted by molar-refractivity contribution is 7.88. The summed E-state index contributed by atoms with van der Waals surface area (Å²) in [7, 11) is -1.92. The molecule has 2 N–H and O–H groups in total. The first-order valence-corrected chi connectivity index (χ1v) is 10.1. The summed E-state index contributed by atoms with van der Waals surface area (Å²) >= 11 is 0. The molecule has 0 radical (unpaired) electrons. The van der Waals surface area contributed by atoms with Crippen molar-refractivity contribution in [1.29, 1.82) is 0 Å². The predicted molar refractivity (Wildman–Crippen MR) is 101 cm³/mol. The molecule has 0 aromatic heterocycles. The Kier molecular flexibility index (Phi) is 6.76. The van der Waals surface area contributed by atoms with Gasteiger partial charge in [-0.05, 0) is 30.2 Å². The summed E-state index contributed by atoms with van der Waals surface area (Å²) in [5, 5.41) is 2.91. The van der Waals surface area contributed by atoms with E-state index in [-0.39, 0.29) is 18.4 Å². The third-order valence-corrected chi connectivity index (χ3v) is 4.65. The van der Waals surface area contributed by atoms with E-state index >= 15 is 0 Å². The van der Waals surface area contributed by atoms with Crippen molar-refractivity contribution in [2.75, 3.05) is 13.4 Å². The van der Waals surface area contributed by atoms with Crippen LogP contribution in [0.25, 0.3) is 0 Å². The van der Waals surface area contributed by atoms with Crippen molar-refractivity contribution in [3.63, 3.8) is 0 Å². The topological polar surface area (TPSA) is 84.5 Å². The highest BCUT2D eigenvalue weighted by atomic mass is 32.2. The molecule has 0 fully saturated rings. The molecule has 0 unspecified atom stereocenters. The van der Waals surface area contributed by atoms with Crippen molar-refractivity contribution in [2.45, 2.75) is 25.4 Å². The van der Waals surface area contributed by atoms with E-state index in [0.29, 0.717) is 11.3 Å². The number of rotatable bonds is 8. The number of ether oxygens (including phenoxy) is 1. The highest BCUT2D eigenvalue weighted by Gasteiger charge is 2.21. The number of hydrogen-bond donors (Lipinski definition) is 2. The first kappa shape index (κ1) is 19.9. The van der Waals surface area contributed by atoms with E-state index in [9.17, 15) is 13.2 Å². The normalized spacial score (nSPS) is 13.7. The lowest BCUT2D eigenvalue weighted by Crippen LogP contribution is -2.34. The van der Waals surface area contributed by atoms with Gasteiger partial charge in [0.2, 0.25) is 15.9 Å². The highest BCUT2D eigenvalue weighted by Crippen LogP contribution is 2.22. The van der Waals surface area contributed by atoms with Crippen LogP contribution in [0.4, 0.5) is 0 Å². The molecule has 1 amide bonds. The molecule has 2 aromatic carbocycles. The summed E-state index contributed by atoms with van der Waals surface area (Å²) in [6.45, 7) is 1.89. The Balaban J connectivity index is 2.11. The monoisotopic (exact) mass is 376 g/mol. The number of nitrogens with one attached hydrogen (secondary N) is 2. The molecule has 0 heterocycles. The molecular weight excluding hydrogens is 352 g/mol. The molecule has 2 atom stereocenters. The maximum Gasteiger partial charge on any atom is 0.222 e. The van der Waals surface area contributed by atoms with E-state index in [4.69, 9.17) is 4.74 Å². The first-order chi connectivity index (χ1) is 12.3. The zero-order valence-corrected chi connectivity index (χ0v) is 15.9. The van der Waals surface area contributed by atoms with E-state index in [1.807, 2.05) is 37.3 Å². The van der Waals surface area contributed by atoms with Crippen LogP contribution in [-0.2, 0) is 14.8 Å². The predicted octanol–water partition coefficient (Wildman–Crippen LogP) is 2.55. The molecule has 2 aromatic rings. The molecule has 140 valence electrons. The van der Waals surface area contributed by atoms with E-state index < -0.39 is 16.1 Å². The van der Waals surface area contributed by atoms with Gasteiger partial charge in [0, 0.05) is 6.42 Å². The third kappa shape index (κ3) is 6.16. The number of hydrogen-bond acceptors (Lipinski definition) is 4. The number of benzene rings is 2. The van der Waals surface area contributed by atoms with Crippen molar-refractivity contribution < 1.29 is 17.9 Å². The third-order valence-electron chi connectivity index (χ3n) is 3.94. The molecule has 0 aliphatic carbocycles. The van der Waals surface area contributed by atoms with Crippen molar-refractivity contribution in [1.82, 2.24) is 10.0 Å². The molecule has 0 saturated heterocycles. The summed E-state index contributed by atoms with van der Waals surface area (Å²) in [6.07, 6.45) is 1.07. The maximum absolute atomic E-state index is 12.4. The average Bonchev–Trinajstić information content (AvgIpc) is 2.60. The van der Waals surface area contributed by atoms with Gasteiger partial charge in [0.15, 0.2) is 0 Å². The van der Waals surface area contributed by atoms with Crippen molar-refractivity contribution >= 4 is 15.9 Å². The fourth-order valence-electron chi connectivity index (χ4n) is 2.63. The molecule has 7 heteroatoms. The Labute approximate surface area is 154 Å². The lowest BCUT2D eigenvalue weighted by Gasteiger charge is -2.20. The summed E-state index contributed by atoms with van der Waals surface area (Å²) in [4.78, 5) is 12.4. The first-order valence-electron chi connectivity index (χ1n) is 8.24. The number of methoxy groups -OCH3 is 1. The Bertz CT molecular complexity index is 820. The molecule has 0 aliphatic heterocycles. The second kappa shape index (κ2) is 8.82. The minimum atomic E-state index is -3.47. The number of carbonyl (C=O) groups excluding carboxylic acids is 1. The standard InChI is InChI=1S/C19H24N2O4S/c1-14(15-7-5-4-6-8-15)20-19(22)13-18(21-26(3,23)24)16-9-11-17(25-2)12-10-16/h4-12,14,18,21H,13H2,1-3H3,(H,20,22)/t14-,18-/m0/s1. The molecular formula is C19H24N2O4S. The van der Waals surface area contributed by atoms with Crippen LogP contribution < -0.4 is 14.8 Å². The summed E-state index contributed by atoms with van der Waals surface area (Å²) in [5.41, 5.74) is 1.68. The Hall–Kier alpha value is -2.38. The van der Waals surface area contributed by atoms with E-state index in [2.05, 4.69) is 10.0 Å². The zero-order chi connectivity index (χ0) is 19.2. The van der Waals surface area contributed by atoms with Crippen LogP contribution in [0.5, 0.6) is 5.75 Å². The van der Waals surface area contributed by atoms with Gasteiger partial charge in [-0.1, -0.05) is 42.5 Å². The smallest absolute Gasteiger partial charge is 0.222 e. The van der Waals surface area contributed by atoms with Crippen molar-refractivity contribution in [3.8, 4) is 5.75 Å². The Morgan fingerprint density at radius 1 is 1.04 bits per heavy atom. The molecule has 0 spiro atoms. The van der Waals surface area contributed by atoms with Crippen LogP contribution in [0.3, 0.4) is 0 Å². The maximum atomic E-state index is 12.4. The summed E-state index contributed by atoms with van der Waals surface area (Å²) in [5.74, 6) is 0.423. The van der Waals surface area contributed by atoms with Crippen molar-refractivity contribution in [2.24, 2.45) is 0 Å². The minimum Gasteiger partial charge on any atom is -0.497 e. The van der Waals surface area contributed by atoms with Crippen LogP contribution in [0.15, 0.2) is 54.6 Å². The van der Waals surface area contributed by atoms with Gasteiger partial charge in [-0.15, -0.1) is 0 Å². The quantitative estimate of drug-likeness (QED) is 0.742. The van der Waals surface area contributed by atoms with Gasteiger partial charge < -0.3 is 10.1 Å². The van der Waals surface area contributed by atoms with Gasteiger partial charge in [-0.3, -0.25) is 4.79 Å².